The van der Waals surface area contributed by atoms with Crippen LogP contribution >= 0.6 is 0 Å². The third-order valence-corrected chi connectivity index (χ3v) is 4.67. The van der Waals surface area contributed by atoms with E-state index in [0.29, 0.717) is 12.5 Å². The maximum atomic E-state index is 11.8. The van der Waals surface area contributed by atoms with E-state index in [1.807, 2.05) is 6.92 Å². The van der Waals surface area contributed by atoms with Crippen molar-refractivity contribution in [3.8, 4) is 0 Å². The summed E-state index contributed by atoms with van der Waals surface area (Å²) in [6.07, 6.45) is 0.514. The van der Waals surface area contributed by atoms with Crippen LogP contribution in [0.15, 0.2) is 29.3 Å². The van der Waals surface area contributed by atoms with Crippen LogP contribution in [0.3, 0.4) is 0 Å². The molecule has 7 heteroatoms. The van der Waals surface area contributed by atoms with E-state index in [1.54, 1.807) is 19.0 Å². The van der Waals surface area contributed by atoms with Gasteiger partial charge in [0.1, 0.15) is 0 Å². The number of nitrogens with zero attached hydrogens (tertiary/aromatic N) is 3. The third-order valence-electron chi connectivity index (χ3n) is 4.67. The van der Waals surface area contributed by atoms with E-state index >= 15 is 0 Å². The fourth-order valence-electron chi connectivity index (χ4n) is 3.34. The van der Waals surface area contributed by atoms with Crippen LogP contribution in [-0.4, -0.2) is 74.1 Å². The van der Waals surface area contributed by atoms with Crippen molar-refractivity contribution < 1.29 is 9.53 Å². The van der Waals surface area contributed by atoms with E-state index in [1.165, 1.54) is 11.1 Å². The first-order valence-electron chi connectivity index (χ1n) is 10.1. The van der Waals surface area contributed by atoms with Crippen molar-refractivity contribution in [3.63, 3.8) is 0 Å². The van der Waals surface area contributed by atoms with Gasteiger partial charge in [-0.05, 0) is 31.9 Å². The smallest absolute Gasteiger partial charge is 0.241 e. The predicted octanol–water partition coefficient (Wildman–Crippen LogP) is 1.44. The topological polar surface area (TPSA) is 69.2 Å². The number of likely N-dealkylation sites (N-methyl/N-ethyl adjacent to an activating group) is 1. The molecule has 0 radical (unpaired) electrons. The molecule has 1 aromatic carbocycles. The van der Waals surface area contributed by atoms with Crippen LogP contribution in [0.25, 0.3) is 0 Å². The summed E-state index contributed by atoms with van der Waals surface area (Å²) in [5.41, 5.74) is 2.48. The fourth-order valence-corrected chi connectivity index (χ4v) is 3.34. The van der Waals surface area contributed by atoms with Gasteiger partial charge in [-0.25, -0.2) is 4.99 Å². The molecular weight excluding hydrogens is 354 g/mol. The molecule has 1 fully saturated rings. The highest BCUT2D eigenvalue weighted by Gasteiger charge is 2.22. The van der Waals surface area contributed by atoms with Gasteiger partial charge in [0.2, 0.25) is 5.91 Å². The maximum Gasteiger partial charge on any atom is 0.241 e. The summed E-state index contributed by atoms with van der Waals surface area (Å²) in [6.45, 7) is 10.6. The Morgan fingerprint density at radius 3 is 2.43 bits per heavy atom. The number of morpholine rings is 1. The third kappa shape index (κ3) is 7.13. The zero-order chi connectivity index (χ0) is 20.5. The van der Waals surface area contributed by atoms with Crippen molar-refractivity contribution in [1.29, 1.82) is 0 Å². The summed E-state index contributed by atoms with van der Waals surface area (Å²) in [6, 6.07) is 8.43. The molecule has 2 rings (SSSR count). The fraction of sp³-hybridized carbons (Fsp3) is 0.619. The lowest BCUT2D eigenvalue weighted by molar-refractivity contribution is -0.127. The van der Waals surface area contributed by atoms with Gasteiger partial charge in [-0.1, -0.05) is 24.3 Å². The summed E-state index contributed by atoms with van der Waals surface area (Å²) in [4.78, 5) is 20.5. The second kappa shape index (κ2) is 11.0. The molecule has 1 heterocycles. The quantitative estimate of drug-likeness (QED) is 0.546. The first kappa shape index (κ1) is 22.2. The number of benzene rings is 1. The Morgan fingerprint density at radius 1 is 1.18 bits per heavy atom. The minimum Gasteiger partial charge on any atom is -0.373 e. The Balaban J connectivity index is 2.03. The molecule has 0 spiro atoms. The van der Waals surface area contributed by atoms with Crippen LogP contribution in [0, 0.1) is 0 Å². The van der Waals surface area contributed by atoms with E-state index in [-0.39, 0.29) is 24.7 Å². The number of rotatable bonds is 7. The second-order valence-corrected chi connectivity index (χ2v) is 7.56. The number of guanidine groups is 1. The Bertz CT molecular complexity index is 652. The normalized spacial score (nSPS) is 20.7. The predicted molar refractivity (Wildman–Crippen MR) is 113 cm³/mol. The van der Waals surface area contributed by atoms with Gasteiger partial charge in [0.15, 0.2) is 5.96 Å². The summed E-state index contributed by atoms with van der Waals surface area (Å²) >= 11 is 0. The van der Waals surface area contributed by atoms with Gasteiger partial charge in [-0.15, -0.1) is 0 Å². The first-order valence-corrected chi connectivity index (χ1v) is 10.1. The molecule has 28 heavy (non-hydrogen) atoms. The average Bonchev–Trinajstić information content (AvgIpc) is 2.63. The molecule has 2 atom stereocenters. The SMILES string of the molecule is CCNC(=NCc1ccccc1CN1CC(C)OC(C)C1)NCC(=O)N(C)C. The monoisotopic (exact) mass is 389 g/mol. The summed E-state index contributed by atoms with van der Waals surface area (Å²) in [5, 5.41) is 6.31. The Hall–Kier alpha value is -2.12. The van der Waals surface area contributed by atoms with Gasteiger partial charge < -0.3 is 20.3 Å². The average molecular weight is 390 g/mol. The molecule has 2 N–H and O–H groups in total. The largest absolute Gasteiger partial charge is 0.373 e. The molecule has 1 aromatic rings. The molecule has 1 amide bonds. The van der Waals surface area contributed by atoms with Crippen molar-refractivity contribution in [2.45, 2.75) is 46.1 Å². The highest BCUT2D eigenvalue weighted by Crippen LogP contribution is 2.17. The number of ether oxygens (including phenoxy) is 1. The lowest BCUT2D eigenvalue weighted by Gasteiger charge is -2.35. The molecule has 1 aliphatic rings. The highest BCUT2D eigenvalue weighted by molar-refractivity contribution is 5.86. The molecule has 2 unspecified atom stereocenters. The van der Waals surface area contributed by atoms with Crippen molar-refractivity contribution in [2.24, 2.45) is 4.99 Å². The van der Waals surface area contributed by atoms with Crippen molar-refractivity contribution in [3.05, 3.63) is 35.4 Å². The van der Waals surface area contributed by atoms with Crippen LogP contribution in [0.2, 0.25) is 0 Å². The van der Waals surface area contributed by atoms with Gasteiger partial charge >= 0.3 is 0 Å². The van der Waals surface area contributed by atoms with Crippen molar-refractivity contribution >= 4 is 11.9 Å². The van der Waals surface area contributed by atoms with Gasteiger partial charge in [0, 0.05) is 40.3 Å². The van der Waals surface area contributed by atoms with Crippen LogP contribution in [0.5, 0.6) is 0 Å². The minimum atomic E-state index is 0.0153. The van der Waals surface area contributed by atoms with Crippen LogP contribution in [0.1, 0.15) is 31.9 Å². The van der Waals surface area contributed by atoms with E-state index in [4.69, 9.17) is 4.74 Å². The zero-order valence-corrected chi connectivity index (χ0v) is 17.9. The van der Waals surface area contributed by atoms with Gasteiger partial charge in [0.05, 0.1) is 25.3 Å². The van der Waals surface area contributed by atoms with E-state index < -0.39 is 0 Å². The molecule has 1 saturated heterocycles. The summed E-state index contributed by atoms with van der Waals surface area (Å²) < 4.78 is 5.84. The lowest BCUT2D eigenvalue weighted by atomic mass is 10.1. The van der Waals surface area contributed by atoms with Crippen molar-refractivity contribution in [1.82, 2.24) is 20.4 Å². The van der Waals surface area contributed by atoms with Gasteiger partial charge in [0.25, 0.3) is 0 Å². The maximum absolute atomic E-state index is 11.8. The van der Waals surface area contributed by atoms with E-state index in [0.717, 1.165) is 26.2 Å². The molecule has 0 bridgehead atoms. The molecule has 0 aliphatic carbocycles. The van der Waals surface area contributed by atoms with Crippen molar-refractivity contribution in [2.75, 3.05) is 40.3 Å². The van der Waals surface area contributed by atoms with Gasteiger partial charge in [-0.3, -0.25) is 9.69 Å². The molecule has 0 aromatic heterocycles. The summed E-state index contributed by atoms with van der Waals surface area (Å²) in [7, 11) is 3.50. The van der Waals surface area contributed by atoms with Gasteiger partial charge in [-0.2, -0.15) is 0 Å². The number of hydrogen-bond donors (Lipinski definition) is 2. The molecule has 7 nitrogen and oxygen atoms in total. The second-order valence-electron chi connectivity index (χ2n) is 7.56. The number of amides is 1. The zero-order valence-electron chi connectivity index (χ0n) is 17.9. The van der Waals surface area contributed by atoms with Crippen LogP contribution < -0.4 is 10.6 Å². The lowest BCUT2D eigenvalue weighted by Crippen LogP contribution is -2.45. The van der Waals surface area contributed by atoms with E-state index in [2.05, 4.69) is 58.6 Å². The number of aliphatic imine (C=N–C) groups is 1. The molecular formula is C21H35N5O2. The van der Waals surface area contributed by atoms with Crippen LogP contribution in [0.4, 0.5) is 0 Å². The Morgan fingerprint density at radius 2 is 1.82 bits per heavy atom. The summed E-state index contributed by atoms with van der Waals surface area (Å²) in [5.74, 6) is 0.669. The van der Waals surface area contributed by atoms with Crippen LogP contribution in [-0.2, 0) is 22.6 Å². The highest BCUT2D eigenvalue weighted by atomic mass is 16.5. The first-order chi connectivity index (χ1) is 13.4. The number of nitrogens with one attached hydrogen (secondary N) is 2. The Kier molecular flexibility index (Phi) is 8.73. The minimum absolute atomic E-state index is 0.0153. The van der Waals surface area contributed by atoms with E-state index in [9.17, 15) is 4.79 Å². The number of hydrogen-bond acceptors (Lipinski definition) is 4. The Labute approximate surface area is 169 Å². The molecule has 156 valence electrons. The molecule has 1 aliphatic heterocycles. The number of carbonyl (C=O) groups is 1. The standard InChI is InChI=1S/C21H35N5O2/c1-6-22-21(24-12-20(27)25(4)5)23-11-18-9-7-8-10-19(18)15-26-13-16(2)28-17(3)14-26/h7-10,16-17H,6,11-15H2,1-5H3,(H2,22,23,24). The number of carbonyl (C=O) groups excluding carboxylic acids is 1. The molecule has 0 saturated carbocycles.